The molecule has 156 valence electrons. The molecule has 0 bridgehead atoms. The monoisotopic (exact) mass is 414 g/mol. The van der Waals surface area contributed by atoms with Crippen molar-refractivity contribution in [3.8, 4) is 5.75 Å². The van der Waals surface area contributed by atoms with E-state index in [0.717, 1.165) is 54.7 Å². The number of benzene rings is 1. The molecule has 1 aliphatic carbocycles. The van der Waals surface area contributed by atoms with Crippen LogP contribution in [0.1, 0.15) is 50.4 Å². The number of carbonyl (C=O) groups excluding carboxylic acids is 1. The Bertz CT molecular complexity index is 834. The summed E-state index contributed by atoms with van der Waals surface area (Å²) in [6.45, 7) is 4.59. The first-order valence-corrected chi connectivity index (χ1v) is 11.4. The van der Waals surface area contributed by atoms with Crippen LogP contribution in [0.3, 0.4) is 0 Å². The van der Waals surface area contributed by atoms with Crippen LogP contribution in [0.5, 0.6) is 5.75 Å². The molecule has 2 heterocycles. The number of methoxy groups -OCH3 is 1. The summed E-state index contributed by atoms with van der Waals surface area (Å²) in [5.74, 6) is 2.30. The van der Waals surface area contributed by atoms with E-state index in [1.165, 1.54) is 30.8 Å². The van der Waals surface area contributed by atoms with Gasteiger partial charge in [0, 0.05) is 49.5 Å². The molecule has 1 aromatic carbocycles. The Morgan fingerprint density at radius 3 is 2.83 bits per heavy atom. The second kappa shape index (κ2) is 9.11. The van der Waals surface area contributed by atoms with E-state index in [2.05, 4.69) is 27.2 Å². The van der Waals surface area contributed by atoms with Gasteiger partial charge in [-0.1, -0.05) is 31.4 Å². The number of piperazine rings is 1. The number of hydrogen-bond acceptors (Lipinski definition) is 6. The molecule has 1 amide bonds. The smallest absolute Gasteiger partial charge is 0.226 e. The lowest BCUT2D eigenvalue weighted by molar-refractivity contribution is -0.139. The molecule has 1 atom stereocenters. The minimum Gasteiger partial charge on any atom is -0.497 e. The van der Waals surface area contributed by atoms with Crippen LogP contribution >= 0.6 is 11.5 Å². The fourth-order valence-electron chi connectivity index (χ4n) is 4.45. The van der Waals surface area contributed by atoms with Gasteiger partial charge in [-0.15, -0.1) is 0 Å². The Kier molecular flexibility index (Phi) is 6.33. The first kappa shape index (κ1) is 20.1. The van der Waals surface area contributed by atoms with Crippen molar-refractivity contribution >= 4 is 22.6 Å². The van der Waals surface area contributed by atoms with E-state index in [0.29, 0.717) is 12.3 Å². The quantitative estimate of drug-likeness (QED) is 0.746. The molecule has 0 spiro atoms. The van der Waals surface area contributed by atoms with Gasteiger partial charge < -0.3 is 14.5 Å². The summed E-state index contributed by atoms with van der Waals surface area (Å²) in [6, 6.07) is 8.24. The summed E-state index contributed by atoms with van der Waals surface area (Å²) in [5, 5.41) is 0.958. The molecule has 2 aliphatic rings. The number of aromatic nitrogens is 2. The fraction of sp³-hybridized carbons (Fsp3) is 0.591. The summed E-state index contributed by atoms with van der Waals surface area (Å²) in [5.41, 5.74) is 1.14. The van der Waals surface area contributed by atoms with E-state index < -0.39 is 0 Å². The van der Waals surface area contributed by atoms with Crippen LogP contribution < -0.4 is 9.64 Å². The second-order valence-corrected chi connectivity index (χ2v) is 8.91. The van der Waals surface area contributed by atoms with Crippen LogP contribution in [0.4, 0.5) is 5.13 Å². The van der Waals surface area contributed by atoms with Gasteiger partial charge in [0.1, 0.15) is 11.6 Å². The summed E-state index contributed by atoms with van der Waals surface area (Å²) in [7, 11) is 1.68. The van der Waals surface area contributed by atoms with Gasteiger partial charge in [0.15, 0.2) is 0 Å². The van der Waals surface area contributed by atoms with Gasteiger partial charge in [-0.2, -0.15) is 4.37 Å². The largest absolute Gasteiger partial charge is 0.497 e. The molecule has 6 nitrogen and oxygen atoms in total. The maximum Gasteiger partial charge on any atom is 0.226 e. The molecule has 0 N–H and O–H groups in total. The Morgan fingerprint density at radius 2 is 2.07 bits per heavy atom. The standard InChI is InChI=1S/C22H30N4O2S/c1-16-15-25(11-12-26(16)21(27)18-8-4-3-5-9-18)22-23-20(24-29-22)14-17-7-6-10-19(13-17)28-2/h6-7,10,13,16,18H,3-5,8-9,11-12,14-15H2,1-2H3. The number of hydrogen-bond donors (Lipinski definition) is 0. The normalized spacial score (nSPS) is 20.7. The molecule has 29 heavy (non-hydrogen) atoms. The molecule has 0 radical (unpaired) electrons. The molecule has 4 rings (SSSR count). The van der Waals surface area contributed by atoms with Crippen LogP contribution in [0.15, 0.2) is 24.3 Å². The van der Waals surface area contributed by atoms with Crippen LogP contribution in [0, 0.1) is 5.92 Å². The number of carbonyl (C=O) groups is 1. The van der Waals surface area contributed by atoms with Gasteiger partial charge in [-0.05, 0) is 37.5 Å². The molecule has 2 aromatic rings. The van der Waals surface area contributed by atoms with Crippen molar-refractivity contribution < 1.29 is 9.53 Å². The summed E-state index contributed by atoms with van der Waals surface area (Å²) < 4.78 is 9.86. The Hall–Kier alpha value is -2.15. The molecule has 1 saturated heterocycles. The summed E-state index contributed by atoms with van der Waals surface area (Å²) in [6.07, 6.45) is 6.51. The van der Waals surface area contributed by atoms with Crippen molar-refractivity contribution in [1.82, 2.24) is 14.3 Å². The van der Waals surface area contributed by atoms with Gasteiger partial charge in [-0.25, -0.2) is 4.98 Å². The van der Waals surface area contributed by atoms with Gasteiger partial charge in [-0.3, -0.25) is 4.79 Å². The average Bonchev–Trinajstić information content (AvgIpc) is 3.22. The first-order valence-electron chi connectivity index (χ1n) is 10.6. The average molecular weight is 415 g/mol. The Morgan fingerprint density at radius 1 is 1.24 bits per heavy atom. The van der Waals surface area contributed by atoms with E-state index in [1.807, 2.05) is 18.2 Å². The van der Waals surface area contributed by atoms with E-state index in [4.69, 9.17) is 9.72 Å². The lowest BCUT2D eigenvalue weighted by Gasteiger charge is -2.41. The van der Waals surface area contributed by atoms with Crippen LogP contribution in [-0.2, 0) is 11.2 Å². The maximum atomic E-state index is 12.9. The van der Waals surface area contributed by atoms with Crippen molar-refractivity contribution in [2.75, 3.05) is 31.6 Å². The van der Waals surface area contributed by atoms with Gasteiger partial charge in [0.2, 0.25) is 11.0 Å². The van der Waals surface area contributed by atoms with E-state index in [9.17, 15) is 4.79 Å². The van der Waals surface area contributed by atoms with Crippen molar-refractivity contribution in [3.05, 3.63) is 35.7 Å². The molecule has 1 unspecified atom stereocenters. The molecular weight excluding hydrogens is 384 g/mol. The maximum absolute atomic E-state index is 12.9. The predicted molar refractivity (Wildman–Crippen MR) is 116 cm³/mol. The highest BCUT2D eigenvalue weighted by molar-refractivity contribution is 7.09. The molecule has 2 fully saturated rings. The third kappa shape index (κ3) is 4.71. The van der Waals surface area contributed by atoms with E-state index >= 15 is 0 Å². The zero-order chi connectivity index (χ0) is 20.2. The van der Waals surface area contributed by atoms with E-state index in [1.54, 1.807) is 7.11 Å². The highest BCUT2D eigenvalue weighted by Gasteiger charge is 2.33. The van der Waals surface area contributed by atoms with Crippen molar-refractivity contribution in [3.63, 3.8) is 0 Å². The number of nitrogens with zero attached hydrogens (tertiary/aromatic N) is 4. The highest BCUT2D eigenvalue weighted by Crippen LogP contribution is 2.28. The minimum absolute atomic E-state index is 0.212. The lowest BCUT2D eigenvalue weighted by Crippen LogP contribution is -2.55. The number of rotatable bonds is 5. The van der Waals surface area contributed by atoms with Gasteiger partial charge >= 0.3 is 0 Å². The SMILES string of the molecule is COc1cccc(Cc2nsc(N3CCN(C(=O)C4CCCCC4)C(C)C3)n2)c1. The third-order valence-electron chi connectivity index (χ3n) is 6.09. The molecular formula is C22H30N4O2S. The number of anilines is 1. The molecule has 1 saturated carbocycles. The number of ether oxygens (including phenoxy) is 1. The topological polar surface area (TPSA) is 58.6 Å². The minimum atomic E-state index is 0.212. The lowest BCUT2D eigenvalue weighted by atomic mass is 9.88. The summed E-state index contributed by atoms with van der Waals surface area (Å²) in [4.78, 5) is 22.1. The Balaban J connectivity index is 1.36. The third-order valence-corrected chi connectivity index (χ3v) is 6.90. The fourth-order valence-corrected chi connectivity index (χ4v) is 5.17. The zero-order valence-electron chi connectivity index (χ0n) is 17.3. The second-order valence-electron chi connectivity index (χ2n) is 8.18. The Labute approximate surface area is 177 Å². The highest BCUT2D eigenvalue weighted by atomic mass is 32.1. The van der Waals surface area contributed by atoms with Crippen LogP contribution in [-0.4, -0.2) is 53.0 Å². The molecule has 1 aliphatic heterocycles. The summed E-state index contributed by atoms with van der Waals surface area (Å²) >= 11 is 1.46. The zero-order valence-corrected chi connectivity index (χ0v) is 18.2. The molecule has 7 heteroatoms. The molecule has 1 aromatic heterocycles. The van der Waals surface area contributed by atoms with Crippen LogP contribution in [0.25, 0.3) is 0 Å². The van der Waals surface area contributed by atoms with Gasteiger partial charge in [0.25, 0.3) is 0 Å². The van der Waals surface area contributed by atoms with E-state index in [-0.39, 0.29) is 12.0 Å². The van der Waals surface area contributed by atoms with Gasteiger partial charge in [0.05, 0.1) is 7.11 Å². The van der Waals surface area contributed by atoms with Crippen molar-refractivity contribution in [2.24, 2.45) is 5.92 Å². The first-order chi connectivity index (χ1) is 14.1. The van der Waals surface area contributed by atoms with Crippen molar-refractivity contribution in [1.29, 1.82) is 0 Å². The number of amides is 1. The van der Waals surface area contributed by atoms with Crippen molar-refractivity contribution in [2.45, 2.75) is 51.5 Å². The van der Waals surface area contributed by atoms with Crippen LogP contribution in [0.2, 0.25) is 0 Å². The predicted octanol–water partition coefficient (Wildman–Crippen LogP) is 3.75.